The number of hydroxylamine groups is 1. The van der Waals surface area contributed by atoms with Crippen LogP contribution < -0.4 is 5.48 Å². The fourth-order valence-electron chi connectivity index (χ4n) is 0.868. The lowest BCUT2D eigenvalue weighted by Crippen LogP contribution is -2.40. The van der Waals surface area contributed by atoms with Gasteiger partial charge in [0.1, 0.15) is 12.2 Å². The smallest absolute Gasteiger partial charge is 0.240 e. The Balaban J connectivity index is 3.64. The molecule has 0 fully saturated rings. The summed E-state index contributed by atoms with van der Waals surface area (Å²) >= 11 is 0. The van der Waals surface area contributed by atoms with E-state index in [1.54, 1.807) is 0 Å². The SMILES string of the molecule is CC(=O)NOCC[C@@H](O)[C@@H](O)[C@H](O)CO. The van der Waals surface area contributed by atoms with Crippen LogP contribution in [0.4, 0.5) is 0 Å². The first kappa shape index (κ1) is 14.3. The third-order valence-corrected chi connectivity index (χ3v) is 1.71. The van der Waals surface area contributed by atoms with E-state index in [2.05, 4.69) is 4.84 Å². The number of nitrogens with one attached hydrogen (secondary N) is 1. The van der Waals surface area contributed by atoms with Crippen molar-refractivity contribution in [2.24, 2.45) is 0 Å². The van der Waals surface area contributed by atoms with E-state index >= 15 is 0 Å². The molecule has 0 spiro atoms. The van der Waals surface area contributed by atoms with Crippen molar-refractivity contribution in [1.29, 1.82) is 0 Å². The van der Waals surface area contributed by atoms with Crippen molar-refractivity contribution in [2.45, 2.75) is 31.7 Å². The normalized spacial score (nSPS) is 16.9. The molecule has 7 nitrogen and oxygen atoms in total. The molecule has 0 aliphatic carbocycles. The molecule has 0 unspecified atom stereocenters. The van der Waals surface area contributed by atoms with E-state index in [9.17, 15) is 15.0 Å². The van der Waals surface area contributed by atoms with Gasteiger partial charge in [0.15, 0.2) is 0 Å². The Hall–Kier alpha value is -0.730. The maximum Gasteiger partial charge on any atom is 0.240 e. The van der Waals surface area contributed by atoms with Gasteiger partial charge in [-0.2, -0.15) is 0 Å². The summed E-state index contributed by atoms with van der Waals surface area (Å²) in [6.45, 7) is 0.627. The van der Waals surface area contributed by atoms with Gasteiger partial charge in [-0.3, -0.25) is 9.63 Å². The van der Waals surface area contributed by atoms with E-state index in [0.717, 1.165) is 0 Å². The first-order valence-corrected chi connectivity index (χ1v) is 4.52. The number of rotatable bonds is 7. The number of aliphatic hydroxyl groups is 4. The van der Waals surface area contributed by atoms with Crippen LogP contribution in [0.15, 0.2) is 0 Å². The largest absolute Gasteiger partial charge is 0.394 e. The molecule has 90 valence electrons. The van der Waals surface area contributed by atoms with Gasteiger partial charge in [-0.25, -0.2) is 5.48 Å². The maximum absolute atomic E-state index is 10.4. The molecule has 0 aliphatic rings. The lowest BCUT2D eigenvalue weighted by Gasteiger charge is -2.21. The third-order valence-electron chi connectivity index (χ3n) is 1.71. The average molecular weight is 223 g/mol. The minimum Gasteiger partial charge on any atom is -0.394 e. The van der Waals surface area contributed by atoms with E-state index in [1.807, 2.05) is 5.48 Å². The van der Waals surface area contributed by atoms with Crippen LogP contribution in [-0.4, -0.2) is 57.9 Å². The van der Waals surface area contributed by atoms with Crippen molar-refractivity contribution < 1.29 is 30.1 Å². The lowest BCUT2D eigenvalue weighted by atomic mass is 10.1. The summed E-state index contributed by atoms with van der Waals surface area (Å²) < 4.78 is 0. The number of amides is 1. The van der Waals surface area contributed by atoms with Crippen LogP contribution in [0, 0.1) is 0 Å². The Morgan fingerprint density at radius 3 is 2.40 bits per heavy atom. The van der Waals surface area contributed by atoms with Gasteiger partial charge in [-0.05, 0) is 0 Å². The summed E-state index contributed by atoms with van der Waals surface area (Å²) in [4.78, 5) is 15.0. The van der Waals surface area contributed by atoms with Crippen LogP contribution in [0.2, 0.25) is 0 Å². The molecule has 0 bridgehead atoms. The molecule has 15 heavy (non-hydrogen) atoms. The van der Waals surface area contributed by atoms with E-state index in [1.165, 1.54) is 6.92 Å². The first-order chi connectivity index (χ1) is 6.99. The molecule has 1 amide bonds. The molecule has 0 aromatic heterocycles. The van der Waals surface area contributed by atoms with E-state index in [-0.39, 0.29) is 18.9 Å². The summed E-state index contributed by atoms with van der Waals surface area (Å²) in [5.41, 5.74) is 2.04. The van der Waals surface area contributed by atoms with Gasteiger partial charge >= 0.3 is 0 Å². The molecule has 0 heterocycles. The highest BCUT2D eigenvalue weighted by atomic mass is 16.6. The van der Waals surface area contributed by atoms with E-state index < -0.39 is 24.9 Å². The number of hydrogen-bond donors (Lipinski definition) is 5. The number of hydrogen-bond acceptors (Lipinski definition) is 6. The highest BCUT2D eigenvalue weighted by Gasteiger charge is 2.23. The highest BCUT2D eigenvalue weighted by Crippen LogP contribution is 2.03. The molecule has 0 aromatic carbocycles. The molecule has 0 saturated carbocycles. The Morgan fingerprint density at radius 1 is 1.33 bits per heavy atom. The lowest BCUT2D eigenvalue weighted by molar-refractivity contribution is -0.133. The molecule has 3 atom stereocenters. The molecule has 0 rings (SSSR count). The van der Waals surface area contributed by atoms with Crippen LogP contribution >= 0.6 is 0 Å². The topological polar surface area (TPSA) is 119 Å². The van der Waals surface area contributed by atoms with Crippen molar-refractivity contribution in [3.63, 3.8) is 0 Å². The second kappa shape index (κ2) is 7.55. The summed E-state index contributed by atoms with van der Waals surface area (Å²) in [6.07, 6.45) is -4.02. The first-order valence-electron chi connectivity index (χ1n) is 4.52. The third kappa shape index (κ3) is 6.37. The zero-order chi connectivity index (χ0) is 11.8. The van der Waals surface area contributed by atoms with Gasteiger partial charge in [0.05, 0.1) is 19.3 Å². The summed E-state index contributed by atoms with van der Waals surface area (Å²) in [6, 6.07) is 0. The molecule has 7 heteroatoms. The van der Waals surface area contributed by atoms with Crippen molar-refractivity contribution in [3.8, 4) is 0 Å². The van der Waals surface area contributed by atoms with E-state index in [0.29, 0.717) is 0 Å². The standard InChI is InChI=1S/C8H17NO6/c1-5(11)9-15-3-2-6(12)8(14)7(13)4-10/h6-8,10,12-14H,2-4H2,1H3,(H,9,11)/t6-,7-,8-/m1/s1. The van der Waals surface area contributed by atoms with Crippen molar-refractivity contribution in [1.82, 2.24) is 5.48 Å². The minimum absolute atomic E-state index is 0.00401. The van der Waals surface area contributed by atoms with Gasteiger partial charge in [-0.15, -0.1) is 0 Å². The van der Waals surface area contributed by atoms with Gasteiger partial charge in [0.2, 0.25) is 5.91 Å². The van der Waals surface area contributed by atoms with Crippen LogP contribution in [0.3, 0.4) is 0 Å². The molecule has 0 saturated heterocycles. The molecule has 0 aliphatic heterocycles. The predicted octanol–water partition coefficient (Wildman–Crippen LogP) is -2.48. The minimum atomic E-state index is -1.43. The fourth-order valence-corrected chi connectivity index (χ4v) is 0.868. The molecule has 0 aromatic rings. The van der Waals surface area contributed by atoms with Gasteiger partial charge in [0.25, 0.3) is 0 Å². The molecular weight excluding hydrogens is 206 g/mol. The molecular formula is C8H17NO6. The highest BCUT2D eigenvalue weighted by molar-refractivity contribution is 5.71. The second-order valence-corrected chi connectivity index (χ2v) is 3.10. The van der Waals surface area contributed by atoms with Crippen LogP contribution in [-0.2, 0) is 9.63 Å². The second-order valence-electron chi connectivity index (χ2n) is 3.10. The summed E-state index contributed by atoms with van der Waals surface area (Å²) in [5.74, 6) is -0.375. The zero-order valence-electron chi connectivity index (χ0n) is 8.46. The Kier molecular flexibility index (Phi) is 7.18. The summed E-state index contributed by atoms with van der Waals surface area (Å²) in [5, 5.41) is 35.9. The van der Waals surface area contributed by atoms with Crippen molar-refractivity contribution in [2.75, 3.05) is 13.2 Å². The maximum atomic E-state index is 10.4. The number of aliphatic hydroxyl groups excluding tert-OH is 4. The summed E-state index contributed by atoms with van der Waals surface area (Å²) in [7, 11) is 0. The zero-order valence-corrected chi connectivity index (χ0v) is 8.46. The van der Waals surface area contributed by atoms with Crippen molar-refractivity contribution in [3.05, 3.63) is 0 Å². The van der Waals surface area contributed by atoms with Gasteiger partial charge in [-0.1, -0.05) is 0 Å². The molecule has 5 N–H and O–H groups in total. The van der Waals surface area contributed by atoms with Crippen LogP contribution in [0.5, 0.6) is 0 Å². The molecule has 0 radical (unpaired) electrons. The predicted molar refractivity (Wildman–Crippen MR) is 49.5 cm³/mol. The van der Waals surface area contributed by atoms with Crippen LogP contribution in [0.25, 0.3) is 0 Å². The monoisotopic (exact) mass is 223 g/mol. The van der Waals surface area contributed by atoms with Gasteiger partial charge in [0, 0.05) is 13.3 Å². The number of carbonyl (C=O) groups is 1. The van der Waals surface area contributed by atoms with E-state index in [4.69, 9.17) is 10.2 Å². The fraction of sp³-hybridized carbons (Fsp3) is 0.875. The van der Waals surface area contributed by atoms with Gasteiger partial charge < -0.3 is 20.4 Å². The van der Waals surface area contributed by atoms with Crippen LogP contribution in [0.1, 0.15) is 13.3 Å². The average Bonchev–Trinajstić information content (AvgIpc) is 2.21. The van der Waals surface area contributed by atoms with Crippen molar-refractivity contribution >= 4 is 5.91 Å². The Labute approximate surface area is 87.2 Å². The Morgan fingerprint density at radius 2 is 1.93 bits per heavy atom. The quantitative estimate of drug-likeness (QED) is 0.241. The Bertz CT molecular complexity index is 188. The number of carbonyl (C=O) groups excluding carboxylic acids is 1.